The number of rotatable bonds is 8. The Morgan fingerprint density at radius 3 is 2.55 bits per heavy atom. The molecule has 1 aromatic heterocycles. The van der Waals surface area contributed by atoms with E-state index < -0.39 is 5.56 Å². The average molecular weight is 561 g/mol. The van der Waals surface area contributed by atoms with E-state index in [1.54, 1.807) is 54.4 Å². The highest BCUT2D eigenvalue weighted by Crippen LogP contribution is 2.37. The molecule has 4 aromatic carbocycles. The highest BCUT2D eigenvalue weighted by atomic mass is 16.7. The van der Waals surface area contributed by atoms with E-state index >= 15 is 0 Å². The van der Waals surface area contributed by atoms with E-state index in [4.69, 9.17) is 14.2 Å². The zero-order valence-electron chi connectivity index (χ0n) is 23.1. The predicted octanol–water partition coefficient (Wildman–Crippen LogP) is 6.08. The zero-order chi connectivity index (χ0) is 29.1. The molecule has 5 aromatic rings. The number of ether oxygens (including phenoxy) is 3. The predicted molar refractivity (Wildman–Crippen MR) is 159 cm³/mol. The van der Waals surface area contributed by atoms with Gasteiger partial charge in [-0.15, -0.1) is 0 Å². The Labute approximate surface area is 242 Å². The molecule has 42 heavy (non-hydrogen) atoms. The molecule has 6 rings (SSSR count). The van der Waals surface area contributed by atoms with Gasteiger partial charge in [-0.3, -0.25) is 9.59 Å². The van der Waals surface area contributed by atoms with Crippen LogP contribution in [0, 0.1) is 6.92 Å². The lowest BCUT2D eigenvalue weighted by molar-refractivity contribution is 0.0785. The molecule has 9 nitrogen and oxygen atoms in total. The lowest BCUT2D eigenvalue weighted by Gasteiger charge is -2.18. The van der Waals surface area contributed by atoms with Crippen molar-refractivity contribution in [3.8, 4) is 28.7 Å². The van der Waals surface area contributed by atoms with Crippen LogP contribution in [0.3, 0.4) is 0 Å². The van der Waals surface area contributed by atoms with Crippen LogP contribution in [0.1, 0.15) is 21.5 Å². The molecule has 210 valence electrons. The molecule has 1 aliphatic heterocycles. The topological polar surface area (TPSA) is 94.9 Å². The monoisotopic (exact) mass is 560 g/mol. The fourth-order valence-corrected chi connectivity index (χ4v) is 4.59. The van der Waals surface area contributed by atoms with Crippen LogP contribution in [0.4, 0.5) is 11.4 Å². The van der Waals surface area contributed by atoms with Gasteiger partial charge in [0.05, 0.1) is 11.9 Å². The first kappa shape index (κ1) is 26.6. The summed E-state index contributed by atoms with van der Waals surface area (Å²) in [6.45, 7) is 2.58. The Morgan fingerprint density at radius 2 is 1.74 bits per heavy atom. The minimum Gasteiger partial charge on any atom is -0.454 e. The zero-order valence-corrected chi connectivity index (χ0v) is 23.1. The number of anilines is 2. The molecule has 9 heteroatoms. The molecule has 0 radical (unpaired) electrons. The van der Waals surface area contributed by atoms with Crippen LogP contribution in [-0.2, 0) is 6.54 Å². The average Bonchev–Trinajstić information content (AvgIpc) is 3.48. The molecule has 2 heterocycles. The smallest absolute Gasteiger partial charge is 0.299 e. The van der Waals surface area contributed by atoms with Gasteiger partial charge in [-0.25, -0.2) is 0 Å². The Bertz CT molecular complexity index is 1800. The number of carbonyl (C=O) groups excluding carboxylic acids is 1. The number of nitrogens with zero attached hydrogens (tertiary/aromatic N) is 3. The Morgan fingerprint density at radius 1 is 0.952 bits per heavy atom. The van der Waals surface area contributed by atoms with Crippen LogP contribution in [0.25, 0.3) is 5.69 Å². The maximum atomic E-state index is 13.8. The van der Waals surface area contributed by atoms with Gasteiger partial charge in [-0.05, 0) is 55.0 Å². The van der Waals surface area contributed by atoms with Gasteiger partial charge in [0, 0.05) is 30.9 Å². The first-order valence-corrected chi connectivity index (χ1v) is 13.4. The van der Waals surface area contributed by atoms with Gasteiger partial charge in [0.2, 0.25) is 6.79 Å². The molecular weight excluding hydrogens is 532 g/mol. The Balaban J connectivity index is 1.33. The Hall–Kier alpha value is -5.57. The summed E-state index contributed by atoms with van der Waals surface area (Å²) in [5.74, 6) is 1.68. The third-order valence-corrected chi connectivity index (χ3v) is 6.78. The fraction of sp³-hybridized carbons (Fsp3) is 0.121. The van der Waals surface area contributed by atoms with Crippen LogP contribution < -0.4 is 25.1 Å². The van der Waals surface area contributed by atoms with Crippen molar-refractivity contribution in [2.45, 2.75) is 13.5 Å². The maximum Gasteiger partial charge on any atom is 0.299 e. The number of fused-ring (bicyclic) bond motifs is 1. The van der Waals surface area contributed by atoms with Crippen molar-refractivity contribution >= 4 is 17.3 Å². The molecule has 0 bridgehead atoms. The van der Waals surface area contributed by atoms with Gasteiger partial charge in [-0.1, -0.05) is 54.1 Å². The standard InChI is InChI=1S/C33H28N4O5/c1-22-11-13-26(14-12-22)37-33(39)31(30(19-34-37)42-27-15-16-28-29(18-27)41-21-40-28)35-25-10-6-9-24(17-25)32(38)36(2)20-23-7-4-3-5-8-23/h3-19,35H,20-21H2,1-2H3. The van der Waals surface area contributed by atoms with Gasteiger partial charge in [0.15, 0.2) is 22.9 Å². The molecule has 1 N–H and O–H groups in total. The first-order valence-electron chi connectivity index (χ1n) is 13.4. The highest BCUT2D eigenvalue weighted by Gasteiger charge is 2.19. The number of carbonyl (C=O) groups is 1. The van der Waals surface area contributed by atoms with Crippen molar-refractivity contribution in [1.29, 1.82) is 0 Å². The van der Waals surface area contributed by atoms with E-state index in [1.165, 1.54) is 10.9 Å². The lowest BCUT2D eigenvalue weighted by Crippen LogP contribution is -2.26. The number of nitrogens with one attached hydrogen (secondary N) is 1. The minimum absolute atomic E-state index is 0.134. The van der Waals surface area contributed by atoms with Crippen molar-refractivity contribution < 1.29 is 19.0 Å². The molecule has 0 saturated carbocycles. The summed E-state index contributed by atoms with van der Waals surface area (Å²) >= 11 is 0. The number of aryl methyl sites for hydroxylation is 1. The molecule has 0 saturated heterocycles. The summed E-state index contributed by atoms with van der Waals surface area (Å²) in [7, 11) is 1.76. The second kappa shape index (κ2) is 11.5. The summed E-state index contributed by atoms with van der Waals surface area (Å²) in [4.78, 5) is 28.7. The first-order chi connectivity index (χ1) is 20.4. The van der Waals surface area contributed by atoms with Crippen LogP contribution in [0.15, 0.2) is 108 Å². The van der Waals surface area contributed by atoms with Crippen LogP contribution in [0.5, 0.6) is 23.0 Å². The second-order valence-corrected chi connectivity index (χ2v) is 9.91. The molecule has 0 atom stereocenters. The highest BCUT2D eigenvalue weighted by molar-refractivity contribution is 5.95. The third kappa shape index (κ3) is 5.66. The van der Waals surface area contributed by atoms with Gasteiger partial charge in [0.25, 0.3) is 11.5 Å². The summed E-state index contributed by atoms with van der Waals surface area (Å²) in [5, 5.41) is 7.57. The maximum absolute atomic E-state index is 13.8. The van der Waals surface area contributed by atoms with Crippen molar-refractivity contribution in [3.63, 3.8) is 0 Å². The van der Waals surface area contributed by atoms with Crippen molar-refractivity contribution in [3.05, 3.63) is 130 Å². The number of hydrogen-bond acceptors (Lipinski definition) is 7. The largest absolute Gasteiger partial charge is 0.454 e. The molecule has 1 amide bonds. The summed E-state index contributed by atoms with van der Waals surface area (Å²) in [6.07, 6.45) is 1.48. The van der Waals surface area contributed by atoms with Crippen LogP contribution in [0.2, 0.25) is 0 Å². The quantitative estimate of drug-likeness (QED) is 0.246. The summed E-state index contributed by atoms with van der Waals surface area (Å²) in [5.41, 5.74) is 3.45. The number of hydrogen-bond donors (Lipinski definition) is 1. The van der Waals surface area contributed by atoms with Gasteiger partial charge in [0.1, 0.15) is 5.75 Å². The molecule has 1 aliphatic rings. The van der Waals surface area contributed by atoms with Crippen LogP contribution >= 0.6 is 0 Å². The van der Waals surface area contributed by atoms with E-state index in [1.807, 2.05) is 61.5 Å². The van der Waals surface area contributed by atoms with Gasteiger partial charge >= 0.3 is 0 Å². The van der Waals surface area contributed by atoms with E-state index in [2.05, 4.69) is 10.4 Å². The number of benzene rings is 4. The van der Waals surface area contributed by atoms with E-state index in [0.29, 0.717) is 40.7 Å². The van der Waals surface area contributed by atoms with Crippen LogP contribution in [-0.4, -0.2) is 34.4 Å². The normalized spacial score (nSPS) is 11.7. The molecule has 0 spiro atoms. The SMILES string of the molecule is Cc1ccc(-n2ncc(Oc3ccc4c(c3)OCO4)c(Nc3cccc(C(=O)N(C)Cc4ccccc4)c3)c2=O)cc1. The van der Waals surface area contributed by atoms with E-state index in [9.17, 15) is 9.59 Å². The van der Waals surface area contributed by atoms with Crippen molar-refractivity contribution in [2.75, 3.05) is 19.2 Å². The Kier molecular flexibility index (Phi) is 7.30. The summed E-state index contributed by atoms with van der Waals surface area (Å²) < 4.78 is 18.3. The third-order valence-electron chi connectivity index (χ3n) is 6.78. The van der Waals surface area contributed by atoms with Crippen molar-refractivity contribution in [2.24, 2.45) is 0 Å². The van der Waals surface area contributed by atoms with Gasteiger partial charge in [-0.2, -0.15) is 9.78 Å². The lowest BCUT2D eigenvalue weighted by atomic mass is 10.1. The molecule has 0 unspecified atom stereocenters. The molecule has 0 fully saturated rings. The number of amides is 1. The van der Waals surface area contributed by atoms with E-state index in [0.717, 1.165) is 11.1 Å². The number of aromatic nitrogens is 2. The van der Waals surface area contributed by atoms with Crippen molar-refractivity contribution in [1.82, 2.24) is 14.7 Å². The minimum atomic E-state index is -0.421. The second-order valence-electron chi connectivity index (χ2n) is 9.91. The molecular formula is C33H28N4O5. The fourth-order valence-electron chi connectivity index (χ4n) is 4.59. The van der Waals surface area contributed by atoms with E-state index in [-0.39, 0.29) is 24.1 Å². The van der Waals surface area contributed by atoms with Gasteiger partial charge < -0.3 is 24.4 Å². The summed E-state index contributed by atoms with van der Waals surface area (Å²) in [6, 6.07) is 29.4. The molecule has 0 aliphatic carbocycles.